The summed E-state index contributed by atoms with van der Waals surface area (Å²) in [5, 5.41) is 12.3. The predicted octanol–water partition coefficient (Wildman–Crippen LogP) is 5.03. The molecular formula is C22H23F6N7O3. The van der Waals surface area contributed by atoms with Gasteiger partial charge in [0.25, 0.3) is 6.43 Å². The molecule has 0 spiro atoms. The average molecular weight is 547 g/mol. The zero-order valence-corrected chi connectivity index (χ0v) is 19.9. The number of alkyl carbamates (subject to hydrolysis) is 1. The molecule has 2 saturated carbocycles. The van der Waals surface area contributed by atoms with Crippen molar-refractivity contribution in [3.05, 3.63) is 35.4 Å². The van der Waals surface area contributed by atoms with Gasteiger partial charge in [-0.25, -0.2) is 27.9 Å². The number of hydrogen-bond acceptors (Lipinski definition) is 7. The second kappa shape index (κ2) is 9.63. The van der Waals surface area contributed by atoms with Gasteiger partial charge in [-0.3, -0.25) is 14.2 Å². The van der Waals surface area contributed by atoms with Crippen molar-refractivity contribution in [3.8, 4) is 0 Å². The fourth-order valence-electron chi connectivity index (χ4n) is 4.26. The number of rotatable bonds is 8. The van der Waals surface area contributed by atoms with Crippen molar-refractivity contribution in [2.24, 2.45) is 0 Å². The highest BCUT2D eigenvalue weighted by Crippen LogP contribution is 2.39. The summed E-state index contributed by atoms with van der Waals surface area (Å²) in [5.74, 6) is -0.397. The van der Waals surface area contributed by atoms with Crippen LogP contribution in [-0.2, 0) is 16.1 Å². The fourth-order valence-corrected chi connectivity index (χ4v) is 4.26. The summed E-state index contributed by atoms with van der Waals surface area (Å²) in [5.41, 5.74) is -0.676. The molecule has 5 rings (SSSR count). The first-order valence-corrected chi connectivity index (χ1v) is 11.7. The summed E-state index contributed by atoms with van der Waals surface area (Å²) >= 11 is 0. The Labute approximate surface area is 211 Å². The van der Waals surface area contributed by atoms with Gasteiger partial charge in [0.2, 0.25) is 5.95 Å². The lowest BCUT2D eigenvalue weighted by Gasteiger charge is -2.17. The van der Waals surface area contributed by atoms with Crippen LogP contribution in [0.3, 0.4) is 0 Å². The lowest BCUT2D eigenvalue weighted by molar-refractivity contribution is -0.330. The molecule has 0 radical (unpaired) electrons. The van der Waals surface area contributed by atoms with Crippen LogP contribution in [0.4, 0.5) is 42.9 Å². The molecule has 0 aliphatic heterocycles. The minimum atomic E-state index is -4.89. The Kier molecular flexibility index (Phi) is 6.61. The number of aromatic amines is 1. The third kappa shape index (κ3) is 5.95. The summed E-state index contributed by atoms with van der Waals surface area (Å²) in [6, 6.07) is 2.47. The van der Waals surface area contributed by atoms with Crippen LogP contribution in [0, 0.1) is 0 Å². The van der Waals surface area contributed by atoms with Crippen LogP contribution in [-0.4, -0.2) is 54.8 Å². The minimum absolute atomic E-state index is 0.0737. The van der Waals surface area contributed by atoms with E-state index < -0.39 is 43.5 Å². The number of aromatic nitrogens is 5. The maximum atomic E-state index is 14.6. The molecular weight excluding hydrogens is 524 g/mol. The van der Waals surface area contributed by atoms with Gasteiger partial charge in [0.05, 0.1) is 12.3 Å². The molecule has 3 heterocycles. The molecule has 38 heavy (non-hydrogen) atoms. The largest absolute Gasteiger partial charge is 0.522 e. The van der Waals surface area contributed by atoms with Crippen LogP contribution in [0.2, 0.25) is 0 Å². The Balaban J connectivity index is 1.29. The van der Waals surface area contributed by atoms with Gasteiger partial charge in [-0.1, -0.05) is 0 Å². The minimum Gasteiger partial charge on any atom is -0.443 e. The summed E-state index contributed by atoms with van der Waals surface area (Å²) in [6.07, 6.45) is -7.74. The molecule has 3 N–H and O–H groups in total. The van der Waals surface area contributed by atoms with Crippen molar-refractivity contribution in [3.63, 3.8) is 0 Å². The quantitative estimate of drug-likeness (QED) is 0.339. The van der Waals surface area contributed by atoms with Crippen LogP contribution in [0.5, 0.6) is 0 Å². The van der Waals surface area contributed by atoms with Crippen molar-refractivity contribution in [1.82, 2.24) is 29.9 Å². The Hall–Kier alpha value is -3.56. The number of imidazole rings is 1. The second-order valence-electron chi connectivity index (χ2n) is 9.65. The molecule has 16 heteroatoms. The van der Waals surface area contributed by atoms with Crippen LogP contribution >= 0.6 is 0 Å². The number of anilines is 2. The number of nitrogens with zero attached hydrogens (tertiary/aromatic N) is 4. The molecule has 0 bridgehead atoms. The highest BCUT2D eigenvalue weighted by Gasteiger charge is 2.42. The second-order valence-corrected chi connectivity index (χ2v) is 9.65. The normalized spacial score (nSPS) is 22.7. The zero-order valence-electron chi connectivity index (χ0n) is 19.9. The Morgan fingerprint density at radius 1 is 1.26 bits per heavy atom. The first-order chi connectivity index (χ1) is 17.9. The van der Waals surface area contributed by atoms with Gasteiger partial charge < -0.3 is 15.4 Å². The van der Waals surface area contributed by atoms with Gasteiger partial charge in [0, 0.05) is 35.5 Å². The predicted molar refractivity (Wildman–Crippen MR) is 119 cm³/mol. The van der Waals surface area contributed by atoms with Gasteiger partial charge in [-0.15, -0.1) is 13.2 Å². The molecule has 3 atom stereocenters. The van der Waals surface area contributed by atoms with Crippen molar-refractivity contribution in [2.45, 2.75) is 75.7 Å². The fraction of sp³-hybridized carbons (Fsp3) is 0.545. The third-order valence-electron chi connectivity index (χ3n) is 6.50. The van der Waals surface area contributed by atoms with Crippen LogP contribution in [0.1, 0.15) is 62.0 Å². The summed E-state index contributed by atoms with van der Waals surface area (Å²) in [4.78, 5) is 19.8. The standard InChI is InChI=1S/C22H23F6N7O3/c1-21(2-3-21)32-20(36)38-15-5-10(4-12(15)23)13-6-16(34-33-13)31-19-30-14(18(24)25)7-17-29-11(8-35(17)19)9-37-22(26,27)28/h6-8,10,12,15,18H,2-5,9H2,1H3,(H,32,36)(H2,30,31,33,34)/t10-,12+,15-/m0/s1. The zero-order chi connectivity index (χ0) is 27.2. The number of carbonyl (C=O) groups excluding carboxylic acids is 1. The molecule has 2 aliphatic carbocycles. The van der Waals surface area contributed by atoms with Gasteiger partial charge in [-0.05, 0) is 32.6 Å². The average Bonchev–Trinajstić information content (AvgIpc) is 3.19. The molecule has 2 fully saturated rings. The third-order valence-corrected chi connectivity index (χ3v) is 6.50. The highest BCUT2D eigenvalue weighted by atomic mass is 19.4. The molecule has 0 aromatic carbocycles. The summed E-state index contributed by atoms with van der Waals surface area (Å²) in [6.45, 7) is 0.950. The van der Waals surface area contributed by atoms with E-state index in [1.165, 1.54) is 16.7 Å². The number of nitrogens with one attached hydrogen (secondary N) is 3. The number of carbonyl (C=O) groups is 1. The lowest BCUT2D eigenvalue weighted by atomic mass is 10.0. The number of amides is 1. The SMILES string of the molecule is CC1(NC(=O)O[C@H]2C[C@@H](c3cc(Nc4nc(C(F)F)cc5nc(COC(F)(F)F)cn45)n[nH]3)C[C@H]2F)CC1. The lowest BCUT2D eigenvalue weighted by Crippen LogP contribution is -2.38. The van der Waals surface area contributed by atoms with Gasteiger partial charge in [0.1, 0.15) is 23.6 Å². The first-order valence-electron chi connectivity index (χ1n) is 11.7. The van der Waals surface area contributed by atoms with Crippen LogP contribution in [0.15, 0.2) is 18.3 Å². The van der Waals surface area contributed by atoms with E-state index >= 15 is 0 Å². The van der Waals surface area contributed by atoms with E-state index in [-0.39, 0.29) is 47.4 Å². The summed E-state index contributed by atoms with van der Waals surface area (Å²) < 4.78 is 88.8. The van der Waals surface area contributed by atoms with E-state index in [2.05, 4.69) is 35.5 Å². The summed E-state index contributed by atoms with van der Waals surface area (Å²) in [7, 11) is 0. The van der Waals surface area contributed by atoms with Crippen molar-refractivity contribution in [2.75, 3.05) is 5.32 Å². The van der Waals surface area contributed by atoms with E-state index in [1.807, 2.05) is 6.92 Å². The van der Waals surface area contributed by atoms with E-state index in [0.717, 1.165) is 18.9 Å². The maximum Gasteiger partial charge on any atom is 0.522 e. The van der Waals surface area contributed by atoms with E-state index in [0.29, 0.717) is 5.69 Å². The Morgan fingerprint density at radius 3 is 2.71 bits per heavy atom. The highest BCUT2D eigenvalue weighted by molar-refractivity contribution is 5.69. The molecule has 10 nitrogen and oxygen atoms in total. The van der Waals surface area contributed by atoms with Gasteiger partial charge >= 0.3 is 12.5 Å². The van der Waals surface area contributed by atoms with E-state index in [1.54, 1.807) is 0 Å². The number of ether oxygens (including phenoxy) is 2. The van der Waals surface area contributed by atoms with Crippen LogP contribution in [0.25, 0.3) is 5.65 Å². The molecule has 0 saturated heterocycles. The van der Waals surface area contributed by atoms with Crippen molar-refractivity contribution >= 4 is 23.5 Å². The van der Waals surface area contributed by atoms with Crippen molar-refractivity contribution < 1.29 is 40.6 Å². The molecule has 0 unspecified atom stereocenters. The van der Waals surface area contributed by atoms with Crippen molar-refractivity contribution in [1.29, 1.82) is 0 Å². The maximum absolute atomic E-state index is 14.6. The number of fused-ring (bicyclic) bond motifs is 1. The first kappa shape index (κ1) is 26.1. The molecule has 206 valence electrons. The number of alkyl halides is 6. The number of H-pyrrole nitrogens is 1. The Bertz CT molecular complexity index is 1320. The smallest absolute Gasteiger partial charge is 0.443 e. The molecule has 3 aromatic heterocycles. The topological polar surface area (TPSA) is 118 Å². The Morgan fingerprint density at radius 2 is 2.03 bits per heavy atom. The van der Waals surface area contributed by atoms with E-state index in [4.69, 9.17) is 4.74 Å². The van der Waals surface area contributed by atoms with E-state index in [9.17, 15) is 31.1 Å². The number of halogens is 6. The monoisotopic (exact) mass is 547 g/mol. The molecule has 3 aromatic rings. The van der Waals surface area contributed by atoms with Crippen LogP contribution < -0.4 is 10.6 Å². The molecule has 1 amide bonds. The number of hydrogen-bond donors (Lipinski definition) is 3. The molecule has 2 aliphatic rings. The van der Waals surface area contributed by atoms with Gasteiger partial charge in [0.15, 0.2) is 5.82 Å². The van der Waals surface area contributed by atoms with Gasteiger partial charge in [-0.2, -0.15) is 5.10 Å².